The SMILES string of the molecule is Cc1ccc(OCC(=O)c2ccc3c(c2)N(CCCC(=O)NCC(C)C)C(=O)CO3)cc1. The summed E-state index contributed by atoms with van der Waals surface area (Å²) in [7, 11) is 0. The lowest BCUT2D eigenvalue weighted by Crippen LogP contribution is -2.40. The van der Waals surface area contributed by atoms with Crippen molar-refractivity contribution in [3.8, 4) is 11.5 Å². The summed E-state index contributed by atoms with van der Waals surface area (Å²) in [6.07, 6.45) is 0.847. The summed E-state index contributed by atoms with van der Waals surface area (Å²) in [5.74, 6) is 1.14. The van der Waals surface area contributed by atoms with E-state index in [9.17, 15) is 14.4 Å². The Morgan fingerprint density at radius 2 is 1.91 bits per heavy atom. The largest absolute Gasteiger partial charge is 0.485 e. The normalized spacial score (nSPS) is 12.9. The molecule has 2 aromatic carbocycles. The first-order valence-electron chi connectivity index (χ1n) is 10.9. The lowest BCUT2D eigenvalue weighted by Gasteiger charge is -2.29. The maximum absolute atomic E-state index is 12.7. The summed E-state index contributed by atoms with van der Waals surface area (Å²) in [6, 6.07) is 12.5. The van der Waals surface area contributed by atoms with E-state index in [1.807, 2.05) is 45.0 Å². The van der Waals surface area contributed by atoms with E-state index in [4.69, 9.17) is 9.47 Å². The summed E-state index contributed by atoms with van der Waals surface area (Å²) >= 11 is 0. The number of hydrogen-bond donors (Lipinski definition) is 1. The molecule has 1 aliphatic rings. The Balaban J connectivity index is 1.62. The monoisotopic (exact) mass is 438 g/mol. The Kier molecular flexibility index (Phi) is 7.87. The van der Waals surface area contributed by atoms with Crippen LogP contribution < -0.4 is 19.7 Å². The molecule has 1 heterocycles. The fourth-order valence-corrected chi connectivity index (χ4v) is 3.29. The molecule has 170 valence electrons. The van der Waals surface area contributed by atoms with Gasteiger partial charge in [0, 0.05) is 25.1 Å². The number of rotatable bonds is 10. The van der Waals surface area contributed by atoms with Gasteiger partial charge >= 0.3 is 0 Å². The molecular weight excluding hydrogens is 408 g/mol. The van der Waals surface area contributed by atoms with Crippen molar-refractivity contribution < 1.29 is 23.9 Å². The number of fused-ring (bicyclic) bond motifs is 1. The number of nitrogens with zero attached hydrogens (tertiary/aromatic N) is 1. The summed E-state index contributed by atoms with van der Waals surface area (Å²) in [5.41, 5.74) is 2.10. The number of carbonyl (C=O) groups is 3. The topological polar surface area (TPSA) is 84.9 Å². The Labute approximate surface area is 188 Å². The summed E-state index contributed by atoms with van der Waals surface area (Å²) in [4.78, 5) is 38.7. The quantitative estimate of drug-likeness (QED) is 0.574. The summed E-state index contributed by atoms with van der Waals surface area (Å²) < 4.78 is 11.1. The molecule has 0 spiro atoms. The van der Waals surface area contributed by atoms with Gasteiger partial charge in [-0.05, 0) is 49.6 Å². The zero-order chi connectivity index (χ0) is 23.1. The molecule has 0 saturated heterocycles. The maximum atomic E-state index is 12.7. The molecular formula is C25H30N2O5. The zero-order valence-corrected chi connectivity index (χ0v) is 18.8. The molecule has 7 heteroatoms. The third-order valence-electron chi connectivity index (χ3n) is 5.11. The average molecular weight is 439 g/mol. The molecule has 7 nitrogen and oxygen atoms in total. The van der Waals surface area contributed by atoms with Crippen molar-refractivity contribution in [1.82, 2.24) is 5.32 Å². The van der Waals surface area contributed by atoms with Gasteiger partial charge in [0.25, 0.3) is 5.91 Å². The van der Waals surface area contributed by atoms with Crippen LogP contribution in [0.25, 0.3) is 0 Å². The third kappa shape index (κ3) is 6.33. The Bertz CT molecular complexity index is 969. The van der Waals surface area contributed by atoms with Crippen LogP contribution in [-0.2, 0) is 9.59 Å². The molecule has 2 amide bonds. The van der Waals surface area contributed by atoms with Gasteiger partial charge in [0.2, 0.25) is 5.91 Å². The van der Waals surface area contributed by atoms with Gasteiger partial charge in [0.1, 0.15) is 11.5 Å². The van der Waals surface area contributed by atoms with E-state index in [2.05, 4.69) is 5.32 Å². The van der Waals surface area contributed by atoms with E-state index in [1.54, 1.807) is 23.1 Å². The van der Waals surface area contributed by atoms with Crippen LogP contribution in [0.1, 0.15) is 42.6 Å². The lowest BCUT2D eigenvalue weighted by atomic mass is 10.1. The Hall–Kier alpha value is -3.35. The molecule has 32 heavy (non-hydrogen) atoms. The van der Waals surface area contributed by atoms with Crippen LogP contribution in [0.5, 0.6) is 11.5 Å². The number of ketones is 1. The van der Waals surface area contributed by atoms with E-state index in [1.165, 1.54) is 0 Å². The number of anilines is 1. The molecule has 1 aliphatic heterocycles. The van der Waals surface area contributed by atoms with Crippen LogP contribution in [0.2, 0.25) is 0 Å². The van der Waals surface area contributed by atoms with Crippen molar-refractivity contribution >= 4 is 23.3 Å². The van der Waals surface area contributed by atoms with E-state index in [0.29, 0.717) is 54.6 Å². The molecule has 0 radical (unpaired) electrons. The van der Waals surface area contributed by atoms with Crippen LogP contribution in [0.3, 0.4) is 0 Å². The van der Waals surface area contributed by atoms with E-state index in [-0.39, 0.29) is 30.8 Å². The predicted molar refractivity (Wildman–Crippen MR) is 122 cm³/mol. The van der Waals surface area contributed by atoms with Gasteiger partial charge in [-0.25, -0.2) is 0 Å². The van der Waals surface area contributed by atoms with Gasteiger partial charge in [-0.1, -0.05) is 31.5 Å². The molecule has 0 bridgehead atoms. The highest BCUT2D eigenvalue weighted by atomic mass is 16.5. The van der Waals surface area contributed by atoms with Crippen molar-refractivity contribution in [2.24, 2.45) is 5.92 Å². The van der Waals surface area contributed by atoms with Gasteiger partial charge in [-0.3, -0.25) is 14.4 Å². The zero-order valence-electron chi connectivity index (χ0n) is 18.8. The van der Waals surface area contributed by atoms with Gasteiger partial charge in [-0.15, -0.1) is 0 Å². The molecule has 0 unspecified atom stereocenters. The average Bonchev–Trinajstić information content (AvgIpc) is 2.78. The summed E-state index contributed by atoms with van der Waals surface area (Å²) in [5, 5.41) is 2.88. The van der Waals surface area contributed by atoms with Crippen LogP contribution >= 0.6 is 0 Å². The number of carbonyl (C=O) groups excluding carboxylic acids is 3. The standard InChI is InChI=1S/C25H30N2O5/c1-17(2)14-26-24(29)5-4-12-27-21-13-19(8-11-23(21)32-16-25(27)30)22(28)15-31-20-9-6-18(3)7-10-20/h6-11,13,17H,4-5,12,14-16H2,1-3H3,(H,26,29). The fourth-order valence-electron chi connectivity index (χ4n) is 3.29. The van der Waals surface area contributed by atoms with E-state index < -0.39 is 0 Å². The van der Waals surface area contributed by atoms with Gasteiger partial charge in [0.15, 0.2) is 19.0 Å². The Morgan fingerprint density at radius 1 is 1.16 bits per heavy atom. The number of benzene rings is 2. The number of nitrogens with one attached hydrogen (secondary N) is 1. The van der Waals surface area contributed by atoms with E-state index in [0.717, 1.165) is 5.56 Å². The number of Topliss-reactive ketones (excluding diaryl/α,β-unsaturated/α-hetero) is 1. The first-order chi connectivity index (χ1) is 15.3. The number of ether oxygens (including phenoxy) is 2. The highest BCUT2D eigenvalue weighted by molar-refractivity contribution is 6.02. The Morgan fingerprint density at radius 3 is 2.62 bits per heavy atom. The van der Waals surface area contributed by atoms with Crippen molar-refractivity contribution in [2.45, 2.75) is 33.6 Å². The van der Waals surface area contributed by atoms with Gasteiger partial charge < -0.3 is 19.7 Å². The molecule has 0 atom stereocenters. The predicted octanol–water partition coefficient (Wildman–Crippen LogP) is 3.53. The first-order valence-corrected chi connectivity index (χ1v) is 10.9. The second kappa shape index (κ2) is 10.8. The molecule has 3 rings (SSSR count). The number of hydrogen-bond acceptors (Lipinski definition) is 5. The number of aryl methyl sites for hydroxylation is 1. The smallest absolute Gasteiger partial charge is 0.265 e. The van der Waals surface area contributed by atoms with Crippen molar-refractivity contribution in [1.29, 1.82) is 0 Å². The molecule has 0 aromatic heterocycles. The number of amides is 2. The second-order valence-corrected chi connectivity index (χ2v) is 8.34. The maximum Gasteiger partial charge on any atom is 0.265 e. The minimum absolute atomic E-state index is 0.0307. The van der Waals surface area contributed by atoms with Gasteiger partial charge in [-0.2, -0.15) is 0 Å². The molecule has 2 aromatic rings. The molecule has 0 fully saturated rings. The van der Waals surface area contributed by atoms with Crippen LogP contribution in [0.4, 0.5) is 5.69 Å². The van der Waals surface area contributed by atoms with Gasteiger partial charge in [0.05, 0.1) is 5.69 Å². The minimum Gasteiger partial charge on any atom is -0.485 e. The van der Waals surface area contributed by atoms with Crippen molar-refractivity contribution in [3.63, 3.8) is 0 Å². The third-order valence-corrected chi connectivity index (χ3v) is 5.11. The van der Waals surface area contributed by atoms with Crippen LogP contribution in [0.15, 0.2) is 42.5 Å². The molecule has 1 N–H and O–H groups in total. The highest BCUT2D eigenvalue weighted by Crippen LogP contribution is 2.33. The minimum atomic E-state index is -0.195. The van der Waals surface area contributed by atoms with Crippen LogP contribution in [0, 0.1) is 12.8 Å². The van der Waals surface area contributed by atoms with Crippen molar-refractivity contribution in [2.75, 3.05) is 31.2 Å². The molecule has 0 aliphatic carbocycles. The highest BCUT2D eigenvalue weighted by Gasteiger charge is 2.26. The first kappa shape index (κ1) is 23.3. The summed E-state index contributed by atoms with van der Waals surface area (Å²) in [6.45, 7) is 6.90. The fraction of sp³-hybridized carbons (Fsp3) is 0.400. The van der Waals surface area contributed by atoms with Crippen LogP contribution in [-0.4, -0.2) is 43.9 Å². The molecule has 0 saturated carbocycles. The van der Waals surface area contributed by atoms with Crippen molar-refractivity contribution in [3.05, 3.63) is 53.6 Å². The second-order valence-electron chi connectivity index (χ2n) is 8.34. The van der Waals surface area contributed by atoms with E-state index >= 15 is 0 Å². The lowest BCUT2D eigenvalue weighted by molar-refractivity contribution is -0.122.